The van der Waals surface area contributed by atoms with E-state index in [1.807, 2.05) is 24.7 Å². The van der Waals surface area contributed by atoms with Gasteiger partial charge in [-0.2, -0.15) is 5.10 Å². The lowest BCUT2D eigenvalue weighted by Crippen LogP contribution is -2.21. The molecular formula is C14H17ClN4. The lowest BCUT2D eigenvalue weighted by Gasteiger charge is -2.19. The third kappa shape index (κ3) is 2.06. The monoisotopic (exact) mass is 276 g/mol. The molecule has 0 aliphatic carbocycles. The number of nitrogens with zero attached hydrogens (tertiary/aromatic N) is 3. The lowest BCUT2D eigenvalue weighted by molar-refractivity contribution is 0.684. The Morgan fingerprint density at radius 3 is 2.89 bits per heavy atom. The second-order valence-corrected chi connectivity index (χ2v) is 5.41. The number of aryl methyl sites for hydroxylation is 2. The van der Waals surface area contributed by atoms with Crippen molar-refractivity contribution in [3.63, 3.8) is 0 Å². The smallest absolute Gasteiger partial charge is 0.0865 e. The van der Waals surface area contributed by atoms with Gasteiger partial charge in [0.1, 0.15) is 0 Å². The maximum Gasteiger partial charge on any atom is 0.0865 e. The van der Waals surface area contributed by atoms with Crippen LogP contribution < -0.4 is 10.6 Å². The van der Waals surface area contributed by atoms with Gasteiger partial charge in [-0.1, -0.05) is 11.6 Å². The van der Waals surface area contributed by atoms with Gasteiger partial charge in [-0.05, 0) is 37.1 Å². The van der Waals surface area contributed by atoms with Crippen LogP contribution in [0.25, 0.3) is 0 Å². The summed E-state index contributed by atoms with van der Waals surface area (Å²) in [5.41, 5.74) is 11.2. The van der Waals surface area contributed by atoms with Gasteiger partial charge in [0, 0.05) is 25.0 Å². The maximum absolute atomic E-state index is 6.31. The number of nitrogens with two attached hydrogens (primary N) is 1. The highest BCUT2D eigenvalue weighted by Crippen LogP contribution is 2.32. The molecule has 19 heavy (non-hydrogen) atoms. The summed E-state index contributed by atoms with van der Waals surface area (Å²) in [4.78, 5) is 2.33. The third-order valence-electron chi connectivity index (χ3n) is 3.70. The third-order valence-corrected chi connectivity index (χ3v) is 4.19. The molecule has 5 heteroatoms. The van der Waals surface area contributed by atoms with Crippen molar-refractivity contribution < 1.29 is 0 Å². The van der Waals surface area contributed by atoms with E-state index in [0.717, 1.165) is 41.6 Å². The van der Waals surface area contributed by atoms with Crippen molar-refractivity contribution in [3.8, 4) is 0 Å². The molecule has 0 saturated heterocycles. The number of hydrogen-bond donors (Lipinski definition) is 1. The van der Waals surface area contributed by atoms with E-state index in [0.29, 0.717) is 0 Å². The molecule has 4 nitrogen and oxygen atoms in total. The fraction of sp³-hybridized carbons (Fsp3) is 0.357. The summed E-state index contributed by atoms with van der Waals surface area (Å²) in [6, 6.07) is 6.10. The van der Waals surface area contributed by atoms with Crippen molar-refractivity contribution >= 4 is 23.0 Å². The van der Waals surface area contributed by atoms with Crippen LogP contribution in [0.2, 0.25) is 5.02 Å². The first-order valence-corrected chi connectivity index (χ1v) is 6.75. The molecule has 0 bridgehead atoms. The van der Waals surface area contributed by atoms with Gasteiger partial charge in [-0.3, -0.25) is 4.68 Å². The lowest BCUT2D eigenvalue weighted by atomic mass is 10.1. The normalized spacial score (nSPS) is 13.9. The number of hydrogen-bond acceptors (Lipinski definition) is 3. The standard InChI is InChI=1S/C14H17ClN4/c1-9-14(15)13(18(2)17-9)8-19-6-5-10-7-11(16)3-4-12(10)19/h3-4,7H,5-6,8,16H2,1-2H3. The van der Waals surface area contributed by atoms with Crippen molar-refractivity contribution in [3.05, 3.63) is 40.2 Å². The van der Waals surface area contributed by atoms with E-state index < -0.39 is 0 Å². The van der Waals surface area contributed by atoms with Gasteiger partial charge in [-0.15, -0.1) is 0 Å². The number of anilines is 2. The Balaban J connectivity index is 1.91. The van der Waals surface area contributed by atoms with Crippen LogP contribution in [0.4, 0.5) is 11.4 Å². The molecular weight excluding hydrogens is 260 g/mol. The summed E-state index contributed by atoms with van der Waals surface area (Å²) in [7, 11) is 1.94. The van der Waals surface area contributed by atoms with Crippen LogP contribution in [-0.4, -0.2) is 16.3 Å². The van der Waals surface area contributed by atoms with Crippen LogP contribution in [0.5, 0.6) is 0 Å². The molecule has 1 aromatic carbocycles. The highest BCUT2D eigenvalue weighted by Gasteiger charge is 2.22. The van der Waals surface area contributed by atoms with Gasteiger partial charge in [0.15, 0.2) is 0 Å². The van der Waals surface area contributed by atoms with Crippen molar-refractivity contribution in [1.82, 2.24) is 9.78 Å². The summed E-state index contributed by atoms with van der Waals surface area (Å²) in [6.07, 6.45) is 1.04. The van der Waals surface area contributed by atoms with Crippen molar-refractivity contribution in [2.75, 3.05) is 17.2 Å². The Hall–Kier alpha value is -1.68. The average molecular weight is 277 g/mol. The summed E-state index contributed by atoms with van der Waals surface area (Å²) in [6.45, 7) is 3.72. The molecule has 100 valence electrons. The topological polar surface area (TPSA) is 47.1 Å². The Kier molecular flexibility index (Phi) is 2.90. The summed E-state index contributed by atoms with van der Waals surface area (Å²) in [5, 5.41) is 5.13. The number of benzene rings is 1. The molecule has 0 saturated carbocycles. The van der Waals surface area contributed by atoms with Gasteiger partial charge in [0.2, 0.25) is 0 Å². The minimum atomic E-state index is 0.770. The second kappa shape index (κ2) is 4.46. The first-order chi connectivity index (χ1) is 9.06. The largest absolute Gasteiger partial charge is 0.399 e. The van der Waals surface area contributed by atoms with Crippen LogP contribution in [0.1, 0.15) is 17.0 Å². The summed E-state index contributed by atoms with van der Waals surface area (Å²) < 4.78 is 1.87. The molecule has 2 heterocycles. The molecule has 0 radical (unpaired) electrons. The number of nitrogen functional groups attached to an aromatic ring is 1. The van der Waals surface area contributed by atoms with Gasteiger partial charge >= 0.3 is 0 Å². The Morgan fingerprint density at radius 1 is 1.42 bits per heavy atom. The molecule has 0 unspecified atom stereocenters. The van der Waals surface area contributed by atoms with Crippen LogP contribution in [0, 0.1) is 6.92 Å². The van der Waals surface area contributed by atoms with Crippen LogP contribution in [0.3, 0.4) is 0 Å². The molecule has 3 rings (SSSR count). The first-order valence-electron chi connectivity index (χ1n) is 6.37. The summed E-state index contributed by atoms with van der Waals surface area (Å²) >= 11 is 6.31. The van der Waals surface area contributed by atoms with Crippen LogP contribution in [0.15, 0.2) is 18.2 Å². The number of aromatic nitrogens is 2. The highest BCUT2D eigenvalue weighted by atomic mass is 35.5. The van der Waals surface area contributed by atoms with E-state index >= 15 is 0 Å². The van der Waals surface area contributed by atoms with E-state index in [1.165, 1.54) is 11.3 Å². The first kappa shape index (κ1) is 12.4. The Labute approximate surface area is 117 Å². The Bertz CT molecular complexity index is 633. The molecule has 0 fully saturated rings. The fourth-order valence-electron chi connectivity index (χ4n) is 2.69. The number of fused-ring (bicyclic) bond motifs is 1. The van der Waals surface area contributed by atoms with Gasteiger partial charge in [0.05, 0.1) is 23.0 Å². The molecule has 2 N–H and O–H groups in total. The van der Waals surface area contributed by atoms with E-state index in [9.17, 15) is 0 Å². The zero-order valence-corrected chi connectivity index (χ0v) is 11.9. The molecule has 0 atom stereocenters. The Morgan fingerprint density at radius 2 is 2.21 bits per heavy atom. The fourth-order valence-corrected chi connectivity index (χ4v) is 2.91. The predicted molar refractivity (Wildman–Crippen MR) is 78.6 cm³/mol. The molecule has 1 aliphatic rings. The zero-order valence-electron chi connectivity index (χ0n) is 11.2. The van der Waals surface area contributed by atoms with Gasteiger partial charge in [0.25, 0.3) is 0 Å². The number of rotatable bonds is 2. The molecule has 0 spiro atoms. The SMILES string of the molecule is Cc1nn(C)c(CN2CCc3cc(N)ccc32)c1Cl. The van der Waals surface area contributed by atoms with E-state index in [-0.39, 0.29) is 0 Å². The maximum atomic E-state index is 6.31. The molecule has 0 amide bonds. The van der Waals surface area contributed by atoms with Crippen LogP contribution in [-0.2, 0) is 20.0 Å². The highest BCUT2D eigenvalue weighted by molar-refractivity contribution is 6.31. The predicted octanol–water partition coefficient (Wildman–Crippen LogP) is 2.53. The average Bonchev–Trinajstić information content (AvgIpc) is 2.86. The van der Waals surface area contributed by atoms with E-state index in [4.69, 9.17) is 17.3 Å². The zero-order chi connectivity index (χ0) is 13.6. The van der Waals surface area contributed by atoms with Crippen molar-refractivity contribution in [2.45, 2.75) is 19.9 Å². The quantitative estimate of drug-likeness (QED) is 0.858. The molecule has 2 aromatic rings. The van der Waals surface area contributed by atoms with Crippen LogP contribution >= 0.6 is 11.6 Å². The van der Waals surface area contributed by atoms with E-state index in [2.05, 4.69) is 22.1 Å². The molecule has 1 aliphatic heterocycles. The van der Waals surface area contributed by atoms with Crippen molar-refractivity contribution in [1.29, 1.82) is 0 Å². The number of halogens is 1. The minimum absolute atomic E-state index is 0.770. The minimum Gasteiger partial charge on any atom is -0.399 e. The molecule has 1 aromatic heterocycles. The second-order valence-electron chi connectivity index (χ2n) is 5.03. The van der Waals surface area contributed by atoms with Gasteiger partial charge < -0.3 is 10.6 Å². The van der Waals surface area contributed by atoms with Gasteiger partial charge in [-0.25, -0.2) is 0 Å². The van der Waals surface area contributed by atoms with E-state index in [1.54, 1.807) is 0 Å². The van der Waals surface area contributed by atoms with Crippen molar-refractivity contribution in [2.24, 2.45) is 7.05 Å². The summed E-state index contributed by atoms with van der Waals surface area (Å²) in [5.74, 6) is 0.